The normalized spacial score (nSPS) is 16.8. The highest BCUT2D eigenvalue weighted by Crippen LogP contribution is 2.46. The number of hydrogen-bond donors (Lipinski definition) is 2. The molecule has 0 aliphatic carbocycles. The average Bonchev–Trinajstić information content (AvgIpc) is 3.52. The molecule has 1 saturated heterocycles. The number of nitriles is 1. The molecule has 44 heavy (non-hydrogen) atoms. The van der Waals surface area contributed by atoms with Gasteiger partial charge in [-0.1, -0.05) is 6.07 Å². The van der Waals surface area contributed by atoms with E-state index in [-0.39, 0.29) is 68.9 Å². The van der Waals surface area contributed by atoms with Crippen molar-refractivity contribution in [1.29, 1.82) is 5.26 Å². The van der Waals surface area contributed by atoms with E-state index in [1.165, 1.54) is 26.7 Å². The highest BCUT2D eigenvalue weighted by molar-refractivity contribution is 7.23. The summed E-state index contributed by atoms with van der Waals surface area (Å²) in [6, 6.07) is 3.64. The van der Waals surface area contributed by atoms with Crippen molar-refractivity contribution < 1.29 is 37.4 Å². The van der Waals surface area contributed by atoms with Crippen molar-refractivity contribution in [2.24, 2.45) is 0 Å². The van der Waals surface area contributed by atoms with Crippen molar-refractivity contribution >= 4 is 55.4 Å². The predicted molar refractivity (Wildman–Crippen MR) is 154 cm³/mol. The van der Waals surface area contributed by atoms with Crippen LogP contribution in [0.5, 0.6) is 0 Å². The molecule has 3 amide bonds. The van der Waals surface area contributed by atoms with Gasteiger partial charge in [0, 0.05) is 42.5 Å². The van der Waals surface area contributed by atoms with Gasteiger partial charge < -0.3 is 19.6 Å². The molecule has 2 aromatic carbocycles. The molecule has 228 valence electrons. The lowest BCUT2D eigenvalue weighted by atomic mass is 9.93. The highest BCUT2D eigenvalue weighted by atomic mass is 32.1. The molecule has 0 spiro atoms. The van der Waals surface area contributed by atoms with Gasteiger partial charge in [-0.25, -0.2) is 22.8 Å². The molecule has 0 saturated carbocycles. The van der Waals surface area contributed by atoms with Crippen LogP contribution >= 0.6 is 11.3 Å². The molecule has 0 unspecified atom stereocenters. The van der Waals surface area contributed by atoms with Crippen molar-refractivity contribution in [1.82, 2.24) is 19.6 Å². The minimum atomic E-state index is -1.45. The van der Waals surface area contributed by atoms with E-state index >= 15 is 13.2 Å². The van der Waals surface area contributed by atoms with Gasteiger partial charge in [0.2, 0.25) is 0 Å². The van der Waals surface area contributed by atoms with Crippen LogP contribution in [0.1, 0.15) is 43.1 Å². The Morgan fingerprint density at radius 3 is 2.57 bits per heavy atom. The second-order valence-electron chi connectivity index (χ2n) is 11.5. The van der Waals surface area contributed by atoms with Crippen LogP contribution in [0.3, 0.4) is 0 Å². The maximum absolute atomic E-state index is 16.2. The minimum Gasteiger partial charge on any atom is -0.465 e. The maximum atomic E-state index is 16.2. The van der Waals surface area contributed by atoms with Gasteiger partial charge in [0.05, 0.1) is 28.0 Å². The molecule has 4 heterocycles. The van der Waals surface area contributed by atoms with Gasteiger partial charge >= 0.3 is 12.2 Å². The molecule has 6 rings (SSSR count). The Labute approximate surface area is 252 Å². The Hall–Kier alpha value is -4.84. The number of thiophene rings is 1. The first-order valence-corrected chi connectivity index (χ1v) is 14.4. The molecule has 2 aromatic heterocycles. The lowest BCUT2D eigenvalue weighted by Crippen LogP contribution is -2.57. The molecular formula is C29H25F3N6O5S. The van der Waals surface area contributed by atoms with Gasteiger partial charge in [-0.3, -0.25) is 14.8 Å². The van der Waals surface area contributed by atoms with Crippen LogP contribution < -0.4 is 5.32 Å². The van der Waals surface area contributed by atoms with Crippen LogP contribution in [0.2, 0.25) is 0 Å². The molecule has 2 aliphatic rings. The number of amides is 3. The number of carbonyl (C=O) groups is 3. The molecule has 15 heteroatoms. The summed E-state index contributed by atoms with van der Waals surface area (Å²) in [6.07, 6.45) is -0.430. The van der Waals surface area contributed by atoms with Crippen molar-refractivity contribution in [3.63, 3.8) is 0 Å². The van der Waals surface area contributed by atoms with Crippen LogP contribution in [0.4, 0.5) is 27.8 Å². The van der Waals surface area contributed by atoms with Crippen LogP contribution in [0, 0.1) is 28.8 Å². The lowest BCUT2D eigenvalue weighted by molar-refractivity contribution is 0.0412. The summed E-state index contributed by atoms with van der Waals surface area (Å²) in [6.45, 7) is 5.15. The Kier molecular flexibility index (Phi) is 6.92. The number of halogens is 3. The number of hydrogen-bond acceptors (Lipinski definition) is 7. The third-order valence-corrected chi connectivity index (χ3v) is 8.78. The zero-order valence-electron chi connectivity index (χ0n) is 23.7. The third kappa shape index (κ3) is 4.66. The quantitative estimate of drug-likeness (QED) is 0.288. The zero-order valence-corrected chi connectivity index (χ0v) is 24.5. The number of fused-ring (bicyclic) bond motifs is 2. The molecule has 4 aromatic rings. The number of anilines is 1. The fourth-order valence-corrected chi connectivity index (χ4v) is 6.90. The van der Waals surface area contributed by atoms with Crippen LogP contribution in [-0.4, -0.2) is 74.1 Å². The second-order valence-corrected chi connectivity index (χ2v) is 12.5. The minimum absolute atomic E-state index is 0.000678. The Morgan fingerprint density at radius 1 is 1.16 bits per heavy atom. The van der Waals surface area contributed by atoms with E-state index in [0.717, 1.165) is 17.4 Å². The Bertz CT molecular complexity index is 1940. The number of aromatic nitrogens is 2. The van der Waals surface area contributed by atoms with Gasteiger partial charge in [-0.15, -0.1) is 11.3 Å². The number of rotatable bonds is 2. The Morgan fingerprint density at radius 2 is 1.89 bits per heavy atom. The van der Waals surface area contributed by atoms with Gasteiger partial charge in [-0.2, -0.15) is 10.4 Å². The molecular weight excluding hydrogens is 601 g/mol. The van der Waals surface area contributed by atoms with Crippen LogP contribution in [0.15, 0.2) is 18.3 Å². The summed E-state index contributed by atoms with van der Waals surface area (Å²) in [5, 5.41) is 26.3. The summed E-state index contributed by atoms with van der Waals surface area (Å²) < 4.78 is 54.0. The standard InChI is InChI=1S/C29H25F3N6O5S/c1-29(2,3)43-27(40)35-25-15(10-33)19-14(4-5-17(30)24(19)44-25)18-16-11-34-38-7-6-13-12-36(28(41)42)8-9-37(13)26(39)20(23(16)38)22(32)21(18)31/h4-5,11,13H,6-9,12H2,1-3H3,(H,35,40)(H,41,42)/t13-/m1/s1. The summed E-state index contributed by atoms with van der Waals surface area (Å²) >= 11 is 0.746. The van der Waals surface area contributed by atoms with Gasteiger partial charge in [0.25, 0.3) is 5.91 Å². The summed E-state index contributed by atoms with van der Waals surface area (Å²) in [5.74, 6) is -4.39. The smallest absolute Gasteiger partial charge is 0.412 e. The van der Waals surface area contributed by atoms with E-state index in [1.54, 1.807) is 20.8 Å². The highest BCUT2D eigenvalue weighted by Gasteiger charge is 2.39. The van der Waals surface area contributed by atoms with E-state index in [4.69, 9.17) is 4.74 Å². The summed E-state index contributed by atoms with van der Waals surface area (Å²) in [4.78, 5) is 40.3. The molecule has 2 N–H and O–H groups in total. The number of nitrogens with zero attached hydrogens (tertiary/aromatic N) is 5. The predicted octanol–water partition coefficient (Wildman–Crippen LogP) is 5.76. The second kappa shape index (κ2) is 10.4. The lowest BCUT2D eigenvalue weighted by Gasteiger charge is -2.41. The number of carboxylic acid groups (broad SMARTS) is 1. The molecule has 1 fully saturated rings. The maximum Gasteiger partial charge on any atom is 0.412 e. The largest absolute Gasteiger partial charge is 0.465 e. The number of nitrogens with one attached hydrogen (secondary N) is 1. The van der Waals surface area contributed by atoms with Crippen molar-refractivity contribution in [3.8, 4) is 17.2 Å². The van der Waals surface area contributed by atoms with Gasteiger partial charge in [-0.05, 0) is 38.8 Å². The first-order chi connectivity index (χ1) is 20.8. The number of benzene rings is 2. The van der Waals surface area contributed by atoms with E-state index in [0.29, 0.717) is 6.42 Å². The van der Waals surface area contributed by atoms with Crippen LogP contribution in [0.25, 0.3) is 32.1 Å². The number of ether oxygens (including phenoxy) is 1. The number of piperazine rings is 1. The number of aryl methyl sites for hydroxylation is 1. The van der Waals surface area contributed by atoms with Gasteiger partial charge in [0.15, 0.2) is 11.6 Å². The summed E-state index contributed by atoms with van der Waals surface area (Å²) in [7, 11) is 0. The molecule has 0 radical (unpaired) electrons. The number of carbonyl (C=O) groups excluding carboxylic acids is 2. The van der Waals surface area contributed by atoms with E-state index in [9.17, 15) is 24.8 Å². The SMILES string of the molecule is CC(C)(C)OC(=O)Nc1sc2c(F)ccc(-c3c(F)c(F)c4c5c3cnn5CC[C@@H]3CN(C(=O)O)CCN3C4=O)c2c1C#N. The van der Waals surface area contributed by atoms with E-state index < -0.39 is 52.8 Å². The topological polar surface area (TPSA) is 141 Å². The first-order valence-electron chi connectivity index (χ1n) is 13.6. The van der Waals surface area contributed by atoms with Gasteiger partial charge in [0.1, 0.15) is 28.1 Å². The van der Waals surface area contributed by atoms with Crippen molar-refractivity contribution in [2.75, 3.05) is 25.0 Å². The molecule has 11 nitrogen and oxygen atoms in total. The molecule has 2 aliphatic heterocycles. The fourth-order valence-electron chi connectivity index (χ4n) is 5.83. The van der Waals surface area contributed by atoms with Crippen molar-refractivity contribution in [3.05, 3.63) is 46.9 Å². The zero-order chi connectivity index (χ0) is 31.7. The monoisotopic (exact) mass is 626 g/mol. The Balaban J connectivity index is 1.53. The first kappa shape index (κ1) is 29.2. The molecule has 0 bridgehead atoms. The van der Waals surface area contributed by atoms with E-state index in [2.05, 4.69) is 10.4 Å². The third-order valence-electron chi connectivity index (χ3n) is 7.67. The van der Waals surface area contributed by atoms with Crippen molar-refractivity contribution in [2.45, 2.75) is 45.4 Å². The average molecular weight is 627 g/mol. The molecule has 1 atom stereocenters. The van der Waals surface area contributed by atoms with E-state index in [1.807, 2.05) is 6.07 Å². The fraction of sp³-hybridized carbons (Fsp3) is 0.345. The van der Waals surface area contributed by atoms with Crippen LogP contribution in [-0.2, 0) is 11.3 Å². The summed E-state index contributed by atoms with van der Waals surface area (Å²) in [5.41, 5.74) is -1.90.